The molecule has 5 N–H and O–H groups in total. The molecule has 0 saturated carbocycles. The van der Waals surface area contributed by atoms with Crippen LogP contribution in [0.5, 0.6) is 0 Å². The highest BCUT2D eigenvalue weighted by atomic mass is 35.5. The summed E-state index contributed by atoms with van der Waals surface area (Å²) in [6, 6.07) is 3.03. The van der Waals surface area contributed by atoms with Crippen molar-refractivity contribution < 1.29 is 35.2 Å². The van der Waals surface area contributed by atoms with Crippen LogP contribution in [0, 0.1) is 10.1 Å². The van der Waals surface area contributed by atoms with Gasteiger partial charge >= 0.3 is 0 Å². The van der Waals surface area contributed by atoms with Crippen molar-refractivity contribution >= 4 is 17.3 Å². The molecule has 5 atom stereocenters. The molecule has 1 aromatic rings. The zero-order valence-corrected chi connectivity index (χ0v) is 11.8. The Labute approximate surface area is 129 Å². The lowest BCUT2D eigenvalue weighted by Gasteiger charge is -2.45. The Morgan fingerprint density at radius 1 is 1.32 bits per heavy atom. The van der Waals surface area contributed by atoms with Crippen molar-refractivity contribution in [2.45, 2.75) is 30.2 Å². The summed E-state index contributed by atoms with van der Waals surface area (Å²) in [5.41, 5.74) is -0.585. The second-order valence-corrected chi connectivity index (χ2v) is 5.29. The number of benzene rings is 1. The molecule has 122 valence electrons. The van der Waals surface area contributed by atoms with E-state index in [2.05, 4.69) is 0 Å². The largest absolute Gasteiger partial charge is 0.394 e. The van der Waals surface area contributed by atoms with Crippen LogP contribution in [0.25, 0.3) is 0 Å². The monoisotopic (exact) mass is 335 g/mol. The Bertz CT molecular complexity index is 582. The van der Waals surface area contributed by atoms with E-state index in [0.29, 0.717) is 0 Å². The van der Waals surface area contributed by atoms with Crippen molar-refractivity contribution in [2.24, 2.45) is 0 Å². The van der Waals surface area contributed by atoms with Crippen molar-refractivity contribution in [1.29, 1.82) is 0 Å². The standard InChI is InChI=1S/C12H14ClNO8/c13-7-3-5(14(20)21)1-2-6(7)12(19)11(18)10(17)9(16)8(4-15)22-12/h1-3,8-11,15-19H,4H2/t8-,9-,10+,11-,12+/m1/s1. The minimum Gasteiger partial charge on any atom is -0.394 e. The van der Waals surface area contributed by atoms with Crippen LogP contribution in [-0.2, 0) is 10.5 Å². The van der Waals surface area contributed by atoms with Crippen LogP contribution in [-0.4, -0.2) is 61.5 Å². The Balaban J connectivity index is 2.46. The number of rotatable bonds is 3. The fraction of sp³-hybridized carbons (Fsp3) is 0.500. The number of aliphatic hydroxyl groups is 5. The highest BCUT2D eigenvalue weighted by Crippen LogP contribution is 2.40. The molecule has 0 spiro atoms. The summed E-state index contributed by atoms with van der Waals surface area (Å²) in [7, 11) is 0. The molecule has 22 heavy (non-hydrogen) atoms. The van der Waals surface area contributed by atoms with Crippen LogP contribution in [0.2, 0.25) is 5.02 Å². The average Bonchev–Trinajstić information content (AvgIpc) is 2.48. The first kappa shape index (κ1) is 17.0. The lowest BCUT2D eigenvalue weighted by molar-refractivity contribution is -0.385. The molecule has 9 nitrogen and oxygen atoms in total. The molecule has 1 aliphatic rings. The molecule has 1 fully saturated rings. The number of hydrogen-bond acceptors (Lipinski definition) is 8. The molecule has 0 unspecified atom stereocenters. The maximum absolute atomic E-state index is 10.7. The van der Waals surface area contributed by atoms with Gasteiger partial charge in [-0.05, 0) is 6.07 Å². The lowest BCUT2D eigenvalue weighted by Crippen LogP contribution is -2.63. The molecule has 1 heterocycles. The van der Waals surface area contributed by atoms with E-state index in [0.717, 1.165) is 18.2 Å². The van der Waals surface area contributed by atoms with Gasteiger partial charge in [0.2, 0.25) is 5.79 Å². The summed E-state index contributed by atoms with van der Waals surface area (Å²) < 4.78 is 5.08. The van der Waals surface area contributed by atoms with Gasteiger partial charge in [0.1, 0.15) is 24.4 Å². The zero-order chi connectivity index (χ0) is 16.7. The van der Waals surface area contributed by atoms with Crippen LogP contribution < -0.4 is 0 Å². The summed E-state index contributed by atoms with van der Waals surface area (Å²) in [6.45, 7) is -0.738. The molecule has 10 heteroatoms. The van der Waals surface area contributed by atoms with E-state index >= 15 is 0 Å². The quantitative estimate of drug-likeness (QED) is 0.343. The van der Waals surface area contributed by atoms with Gasteiger partial charge in [-0.2, -0.15) is 0 Å². The first-order valence-corrected chi connectivity index (χ1v) is 6.59. The predicted molar refractivity (Wildman–Crippen MR) is 72.0 cm³/mol. The number of non-ortho nitro benzene ring substituents is 1. The molecule has 0 aromatic heterocycles. The second kappa shape index (κ2) is 6.05. The van der Waals surface area contributed by atoms with Crippen LogP contribution in [0.4, 0.5) is 5.69 Å². The molecule has 0 amide bonds. The third-order valence-electron chi connectivity index (χ3n) is 3.52. The summed E-state index contributed by atoms with van der Waals surface area (Å²) in [5.74, 6) is -2.54. The number of ether oxygens (including phenoxy) is 1. The highest BCUT2D eigenvalue weighted by molar-refractivity contribution is 6.31. The summed E-state index contributed by atoms with van der Waals surface area (Å²) >= 11 is 5.87. The minimum atomic E-state index is -2.54. The summed E-state index contributed by atoms with van der Waals surface area (Å²) in [5, 5.41) is 59.4. The number of hydrogen-bond donors (Lipinski definition) is 5. The van der Waals surface area contributed by atoms with Crippen LogP contribution in [0.3, 0.4) is 0 Å². The van der Waals surface area contributed by atoms with Crippen molar-refractivity contribution in [3.8, 4) is 0 Å². The Hall–Kier alpha value is -1.33. The topological polar surface area (TPSA) is 154 Å². The highest BCUT2D eigenvalue weighted by Gasteiger charge is 2.54. The summed E-state index contributed by atoms with van der Waals surface area (Å²) in [4.78, 5) is 9.97. The Kier molecular flexibility index (Phi) is 4.68. The third-order valence-corrected chi connectivity index (χ3v) is 3.83. The van der Waals surface area contributed by atoms with E-state index in [9.17, 15) is 30.5 Å². The van der Waals surface area contributed by atoms with Crippen LogP contribution >= 0.6 is 11.6 Å². The van der Waals surface area contributed by atoms with Gasteiger partial charge in [-0.15, -0.1) is 0 Å². The first-order valence-electron chi connectivity index (χ1n) is 6.22. The molecule has 0 radical (unpaired) electrons. The fourth-order valence-electron chi connectivity index (χ4n) is 2.28. The molecular weight excluding hydrogens is 322 g/mol. The van der Waals surface area contributed by atoms with Gasteiger partial charge in [-0.1, -0.05) is 11.6 Å². The lowest BCUT2D eigenvalue weighted by atomic mass is 9.88. The SMILES string of the molecule is O=[N+]([O-])c1ccc([C@]2(O)O[C@H](CO)[C@@H](O)[C@H](O)[C@H]2O)c(Cl)c1. The number of halogens is 1. The van der Waals surface area contributed by atoms with Gasteiger partial charge < -0.3 is 30.3 Å². The molecule has 1 aromatic carbocycles. The zero-order valence-electron chi connectivity index (χ0n) is 11.0. The van der Waals surface area contributed by atoms with Crippen LogP contribution in [0.15, 0.2) is 18.2 Å². The van der Waals surface area contributed by atoms with Gasteiger partial charge in [0.05, 0.1) is 16.6 Å². The smallest absolute Gasteiger partial charge is 0.270 e. The van der Waals surface area contributed by atoms with Crippen molar-refractivity contribution in [3.63, 3.8) is 0 Å². The number of nitro benzene ring substituents is 1. The van der Waals surface area contributed by atoms with Gasteiger partial charge in [0.25, 0.3) is 5.69 Å². The number of nitrogens with zero attached hydrogens (tertiary/aromatic N) is 1. The van der Waals surface area contributed by atoms with Crippen molar-refractivity contribution in [1.82, 2.24) is 0 Å². The molecular formula is C12H14ClNO8. The van der Waals surface area contributed by atoms with Gasteiger partial charge in [-0.3, -0.25) is 10.1 Å². The predicted octanol–water partition coefficient (Wildman–Crippen LogP) is -1.13. The van der Waals surface area contributed by atoms with Gasteiger partial charge in [0.15, 0.2) is 0 Å². The molecule has 0 aliphatic carbocycles. The van der Waals surface area contributed by atoms with Crippen molar-refractivity contribution in [3.05, 3.63) is 38.9 Å². The molecule has 1 saturated heterocycles. The molecule has 2 rings (SSSR count). The van der Waals surface area contributed by atoms with Crippen molar-refractivity contribution in [2.75, 3.05) is 6.61 Å². The first-order chi connectivity index (χ1) is 10.2. The van der Waals surface area contributed by atoms with Gasteiger partial charge in [0, 0.05) is 17.7 Å². The summed E-state index contributed by atoms with van der Waals surface area (Å²) in [6.07, 6.45) is -6.81. The number of aliphatic hydroxyl groups excluding tert-OH is 4. The van der Waals surface area contributed by atoms with Gasteiger partial charge in [-0.25, -0.2) is 0 Å². The fourth-order valence-corrected chi connectivity index (χ4v) is 2.59. The van der Waals surface area contributed by atoms with Crippen LogP contribution in [0.1, 0.15) is 5.56 Å². The maximum atomic E-state index is 10.7. The maximum Gasteiger partial charge on any atom is 0.270 e. The van der Waals surface area contributed by atoms with E-state index in [1.54, 1.807) is 0 Å². The minimum absolute atomic E-state index is 0.239. The van der Waals surface area contributed by atoms with E-state index in [1.165, 1.54) is 0 Å². The number of nitro groups is 1. The molecule has 1 aliphatic heterocycles. The average molecular weight is 336 g/mol. The Morgan fingerprint density at radius 3 is 2.45 bits per heavy atom. The van der Waals surface area contributed by atoms with E-state index < -0.39 is 41.7 Å². The van der Waals surface area contributed by atoms with E-state index in [1.807, 2.05) is 0 Å². The van der Waals surface area contributed by atoms with E-state index in [4.69, 9.17) is 21.4 Å². The van der Waals surface area contributed by atoms with E-state index in [-0.39, 0.29) is 16.3 Å². The normalized spacial score (nSPS) is 35.4. The third kappa shape index (κ3) is 2.68. The Morgan fingerprint density at radius 2 is 1.95 bits per heavy atom. The second-order valence-electron chi connectivity index (χ2n) is 4.88. The molecule has 0 bridgehead atoms.